The van der Waals surface area contributed by atoms with E-state index in [2.05, 4.69) is 266 Å². The molecule has 0 spiro atoms. The molecule has 66 heavy (non-hydrogen) atoms. The predicted octanol–water partition coefficient (Wildman–Crippen LogP) is 18.7. The van der Waals surface area contributed by atoms with Crippen LogP contribution in [-0.2, 0) is 0 Å². The Morgan fingerprint density at radius 3 is 1.45 bits per heavy atom. The van der Waals surface area contributed by atoms with Crippen molar-refractivity contribution >= 4 is 59.3 Å². The second-order valence-corrected chi connectivity index (χ2v) is 18.0. The molecule has 0 radical (unpaired) electrons. The van der Waals surface area contributed by atoms with E-state index in [1.807, 2.05) is 11.3 Å². The molecule has 0 bridgehead atoms. The van der Waals surface area contributed by atoms with Gasteiger partial charge in [-0.15, -0.1) is 11.3 Å². The van der Waals surface area contributed by atoms with Crippen LogP contribution in [-0.4, -0.2) is 0 Å². The van der Waals surface area contributed by atoms with E-state index in [4.69, 9.17) is 0 Å². The van der Waals surface area contributed by atoms with Crippen molar-refractivity contribution in [1.82, 2.24) is 0 Å². The van der Waals surface area contributed by atoms with E-state index in [1.54, 1.807) is 0 Å². The molecule has 0 aliphatic rings. The Bertz CT molecular complexity index is 3680. The number of nitrogens with zero attached hydrogens (tertiary/aromatic N) is 1. The van der Waals surface area contributed by atoms with Gasteiger partial charge in [0, 0.05) is 37.1 Å². The van der Waals surface area contributed by atoms with Gasteiger partial charge in [0.25, 0.3) is 0 Å². The van der Waals surface area contributed by atoms with Crippen molar-refractivity contribution in [3.05, 3.63) is 261 Å². The monoisotopic (exact) mass is 857 g/mol. The highest BCUT2D eigenvalue weighted by molar-refractivity contribution is 7.25. The van der Waals surface area contributed by atoms with E-state index < -0.39 is 0 Å². The third-order valence-corrected chi connectivity index (χ3v) is 14.0. The first-order valence-corrected chi connectivity index (χ1v) is 23.4. The van der Waals surface area contributed by atoms with Gasteiger partial charge in [-0.05, 0) is 133 Å². The first-order chi connectivity index (χ1) is 32.7. The molecule has 0 saturated carbocycles. The summed E-state index contributed by atoms with van der Waals surface area (Å²) in [5.74, 6) is 0. The quantitative estimate of drug-likeness (QED) is 0.140. The first kappa shape index (κ1) is 39.3. The highest BCUT2D eigenvalue weighted by atomic mass is 32.1. The van der Waals surface area contributed by atoms with Crippen LogP contribution in [0.3, 0.4) is 0 Å². The smallest absolute Gasteiger partial charge is 0.0540 e. The summed E-state index contributed by atoms with van der Waals surface area (Å²) in [6, 6.07) is 95.1. The zero-order valence-electron chi connectivity index (χ0n) is 36.2. The van der Waals surface area contributed by atoms with Crippen LogP contribution in [0.25, 0.3) is 97.7 Å². The van der Waals surface area contributed by atoms with Gasteiger partial charge in [0.1, 0.15) is 0 Å². The van der Waals surface area contributed by atoms with Gasteiger partial charge in [0.15, 0.2) is 0 Å². The van der Waals surface area contributed by atoms with Crippen molar-refractivity contribution in [2.45, 2.75) is 0 Å². The molecule has 310 valence electrons. The highest BCUT2D eigenvalue weighted by Crippen LogP contribution is 2.44. The van der Waals surface area contributed by atoms with Crippen LogP contribution >= 0.6 is 11.3 Å². The van der Waals surface area contributed by atoms with Crippen molar-refractivity contribution < 1.29 is 0 Å². The lowest BCUT2D eigenvalue weighted by atomic mass is 9.96. The van der Waals surface area contributed by atoms with Crippen molar-refractivity contribution in [2.24, 2.45) is 0 Å². The zero-order valence-corrected chi connectivity index (χ0v) is 37.0. The fourth-order valence-corrected chi connectivity index (χ4v) is 10.7. The summed E-state index contributed by atoms with van der Waals surface area (Å²) in [5, 5.41) is 5.15. The molecule has 12 aromatic rings. The Morgan fingerprint density at radius 1 is 0.258 bits per heavy atom. The van der Waals surface area contributed by atoms with Crippen LogP contribution in [0.4, 0.5) is 17.1 Å². The molecule has 0 aliphatic carbocycles. The number of thiophene rings is 1. The van der Waals surface area contributed by atoms with Crippen LogP contribution in [0.2, 0.25) is 0 Å². The molecule has 11 aromatic carbocycles. The van der Waals surface area contributed by atoms with Crippen molar-refractivity contribution in [3.8, 4) is 66.8 Å². The zero-order chi connectivity index (χ0) is 43.8. The van der Waals surface area contributed by atoms with E-state index >= 15 is 0 Å². The number of para-hydroxylation sites is 1. The minimum Gasteiger partial charge on any atom is -0.310 e. The molecule has 0 aliphatic heterocycles. The summed E-state index contributed by atoms with van der Waals surface area (Å²) < 4.78 is 2.63. The van der Waals surface area contributed by atoms with E-state index in [0.717, 1.165) is 17.1 Å². The number of fused-ring (bicyclic) bond motifs is 4. The topological polar surface area (TPSA) is 3.24 Å². The van der Waals surface area contributed by atoms with Gasteiger partial charge in [0.2, 0.25) is 0 Å². The third-order valence-electron chi connectivity index (χ3n) is 12.9. The van der Waals surface area contributed by atoms with Crippen molar-refractivity contribution in [3.63, 3.8) is 0 Å². The SMILES string of the molecule is c1ccc(-c2cccc(-c3ccccc3N(c3ccc(-c4ccc(-c5cccc(-c6ccc7ccccc7c6)c5)cc4)cc3)c3ccc(-c4cccc5sc6ccccc6c45)cc3)c2)cc1. The van der Waals surface area contributed by atoms with Crippen LogP contribution in [0.15, 0.2) is 261 Å². The minimum atomic E-state index is 1.09. The normalized spacial score (nSPS) is 11.3. The van der Waals surface area contributed by atoms with Crippen molar-refractivity contribution in [1.29, 1.82) is 0 Å². The summed E-state index contributed by atoms with van der Waals surface area (Å²) in [7, 11) is 0. The van der Waals surface area contributed by atoms with E-state index in [0.29, 0.717) is 0 Å². The van der Waals surface area contributed by atoms with Gasteiger partial charge in [-0.3, -0.25) is 0 Å². The maximum atomic E-state index is 2.41. The molecule has 0 fully saturated rings. The number of hydrogen-bond acceptors (Lipinski definition) is 2. The highest BCUT2D eigenvalue weighted by Gasteiger charge is 2.19. The molecule has 0 amide bonds. The maximum absolute atomic E-state index is 2.41. The van der Waals surface area contributed by atoms with Crippen LogP contribution in [0, 0.1) is 0 Å². The molecule has 1 heterocycles. The number of benzene rings is 11. The molecule has 0 N–H and O–H groups in total. The largest absolute Gasteiger partial charge is 0.310 e. The van der Waals surface area contributed by atoms with Crippen molar-refractivity contribution in [2.75, 3.05) is 4.90 Å². The summed E-state index contributed by atoms with van der Waals surface area (Å²) in [4.78, 5) is 2.41. The lowest BCUT2D eigenvalue weighted by Gasteiger charge is -2.28. The maximum Gasteiger partial charge on any atom is 0.0540 e. The van der Waals surface area contributed by atoms with Gasteiger partial charge in [-0.25, -0.2) is 0 Å². The molecule has 1 aromatic heterocycles. The average molecular weight is 858 g/mol. The molecular formula is C64H43NS. The molecular weight excluding hydrogens is 815 g/mol. The van der Waals surface area contributed by atoms with Gasteiger partial charge < -0.3 is 4.90 Å². The second kappa shape index (κ2) is 17.0. The molecule has 0 saturated heterocycles. The van der Waals surface area contributed by atoms with E-state index in [-0.39, 0.29) is 0 Å². The first-order valence-electron chi connectivity index (χ1n) is 22.6. The van der Waals surface area contributed by atoms with E-state index in [9.17, 15) is 0 Å². The Kier molecular flexibility index (Phi) is 10.1. The second-order valence-electron chi connectivity index (χ2n) is 16.9. The van der Waals surface area contributed by atoms with Gasteiger partial charge in [-0.2, -0.15) is 0 Å². The summed E-state index contributed by atoms with van der Waals surface area (Å²) in [6.45, 7) is 0. The standard InChI is InChI=1S/C64H43NS/c1-2-13-44(14-3-1)52-18-11-20-55(43-52)58-21-6-8-24-61(58)65(57-39-35-49(36-40-57)59-23-12-26-63-64(59)60-22-7-9-25-62(60)66-63)56-37-33-47(34-38-56)46-27-29-48(30-28-46)51-17-10-19-53(41-51)54-32-31-45-15-4-5-16-50(45)42-54/h1-43H. The van der Waals surface area contributed by atoms with Gasteiger partial charge in [0.05, 0.1) is 5.69 Å². The summed E-state index contributed by atoms with van der Waals surface area (Å²) in [5.41, 5.74) is 17.7. The Morgan fingerprint density at radius 2 is 0.712 bits per heavy atom. The minimum absolute atomic E-state index is 1.09. The number of hydrogen-bond donors (Lipinski definition) is 0. The van der Waals surface area contributed by atoms with E-state index in [1.165, 1.54) is 97.7 Å². The number of rotatable bonds is 9. The molecule has 2 heteroatoms. The van der Waals surface area contributed by atoms with Gasteiger partial charge in [-0.1, -0.05) is 200 Å². The lowest BCUT2D eigenvalue weighted by molar-refractivity contribution is 1.28. The Labute approximate surface area is 389 Å². The Hall–Kier alpha value is -8.30. The lowest BCUT2D eigenvalue weighted by Crippen LogP contribution is -2.11. The van der Waals surface area contributed by atoms with Gasteiger partial charge >= 0.3 is 0 Å². The average Bonchev–Trinajstić information content (AvgIpc) is 3.79. The summed E-state index contributed by atoms with van der Waals surface area (Å²) >= 11 is 1.86. The molecule has 0 atom stereocenters. The van der Waals surface area contributed by atoms with Crippen LogP contribution in [0.5, 0.6) is 0 Å². The molecule has 12 rings (SSSR count). The van der Waals surface area contributed by atoms with Crippen LogP contribution < -0.4 is 4.90 Å². The molecule has 1 nitrogen and oxygen atoms in total. The third kappa shape index (κ3) is 7.44. The Balaban J connectivity index is 0.901. The fraction of sp³-hybridized carbons (Fsp3) is 0. The van der Waals surface area contributed by atoms with Crippen LogP contribution in [0.1, 0.15) is 0 Å². The summed E-state index contributed by atoms with van der Waals surface area (Å²) in [6.07, 6.45) is 0. The predicted molar refractivity (Wildman–Crippen MR) is 284 cm³/mol. The number of anilines is 3. The molecule has 0 unspecified atom stereocenters. The fourth-order valence-electron chi connectivity index (χ4n) is 9.55.